The lowest BCUT2D eigenvalue weighted by Crippen LogP contribution is -2.12. The Hall–Kier alpha value is -3.81. The molecule has 0 bridgehead atoms. The number of carbonyl (C=O) groups excluding carboxylic acids is 1. The van der Waals surface area contributed by atoms with Crippen LogP contribution in [-0.2, 0) is 17.8 Å². The molecule has 0 saturated heterocycles. The minimum Gasteiger partial charge on any atom is -0.441 e. The Balaban J connectivity index is 1.30. The van der Waals surface area contributed by atoms with Gasteiger partial charge in [0.2, 0.25) is 5.91 Å². The molecule has 4 rings (SSSR count). The van der Waals surface area contributed by atoms with Gasteiger partial charge in [-0.15, -0.1) is 0 Å². The monoisotopic (exact) mass is 422 g/mol. The van der Waals surface area contributed by atoms with Crippen molar-refractivity contribution in [2.45, 2.75) is 26.3 Å². The molecule has 8 heteroatoms. The fraction of sp³-hybridized carbons (Fsp3) is 0.174. The lowest BCUT2D eigenvalue weighted by molar-refractivity contribution is -0.116. The number of carbonyl (C=O) groups is 1. The number of nitrogens with one attached hydrogen (secondary N) is 1. The molecule has 6 nitrogen and oxygen atoms in total. The van der Waals surface area contributed by atoms with Crippen molar-refractivity contribution in [2.75, 3.05) is 5.32 Å². The second kappa shape index (κ2) is 8.91. The molecule has 2 heterocycles. The van der Waals surface area contributed by atoms with E-state index in [0.29, 0.717) is 18.1 Å². The van der Waals surface area contributed by atoms with Crippen LogP contribution in [0.5, 0.6) is 0 Å². The summed E-state index contributed by atoms with van der Waals surface area (Å²) in [7, 11) is 0. The van der Waals surface area contributed by atoms with Gasteiger partial charge in [-0.3, -0.25) is 4.79 Å². The molecule has 158 valence electrons. The molecule has 0 saturated carbocycles. The molecule has 1 N–H and O–H groups in total. The van der Waals surface area contributed by atoms with Gasteiger partial charge >= 0.3 is 0 Å². The van der Waals surface area contributed by atoms with Gasteiger partial charge in [-0.25, -0.2) is 18.7 Å². The van der Waals surface area contributed by atoms with E-state index in [1.54, 1.807) is 6.20 Å². The largest absolute Gasteiger partial charge is 0.441 e. The van der Waals surface area contributed by atoms with E-state index >= 15 is 0 Å². The molecule has 0 aliphatic rings. The highest BCUT2D eigenvalue weighted by Gasteiger charge is 2.13. The standard InChI is InChI=1S/C23H20F2N4O2/c1-15-26-10-11-29(15)14-16-2-5-18(6-3-16)28-22(30)8-9-23-27-13-21(31-23)19-7-4-17(24)12-20(19)25/h2-7,10-13H,8-9,14H2,1H3,(H,28,30). The van der Waals surface area contributed by atoms with Crippen LogP contribution in [0.2, 0.25) is 0 Å². The van der Waals surface area contributed by atoms with Crippen molar-refractivity contribution >= 4 is 11.6 Å². The van der Waals surface area contributed by atoms with Crippen LogP contribution in [0.25, 0.3) is 11.3 Å². The molecule has 4 aromatic rings. The zero-order chi connectivity index (χ0) is 21.8. The van der Waals surface area contributed by atoms with Crippen LogP contribution in [0.4, 0.5) is 14.5 Å². The van der Waals surface area contributed by atoms with E-state index in [0.717, 1.165) is 23.5 Å². The van der Waals surface area contributed by atoms with Crippen molar-refractivity contribution in [3.05, 3.63) is 90.0 Å². The van der Waals surface area contributed by atoms with Crippen LogP contribution in [-0.4, -0.2) is 20.4 Å². The van der Waals surface area contributed by atoms with Gasteiger partial charge in [0.05, 0.1) is 11.8 Å². The summed E-state index contributed by atoms with van der Waals surface area (Å²) >= 11 is 0. The van der Waals surface area contributed by atoms with Crippen molar-refractivity contribution in [3.63, 3.8) is 0 Å². The first-order valence-corrected chi connectivity index (χ1v) is 9.74. The second-order valence-electron chi connectivity index (χ2n) is 7.09. The molecular formula is C23H20F2N4O2. The van der Waals surface area contributed by atoms with Crippen LogP contribution in [0.3, 0.4) is 0 Å². The smallest absolute Gasteiger partial charge is 0.224 e. The minimum absolute atomic E-state index is 0.121. The number of hydrogen-bond acceptors (Lipinski definition) is 4. The topological polar surface area (TPSA) is 73.0 Å². The van der Waals surface area contributed by atoms with Crippen molar-refractivity contribution < 1.29 is 18.0 Å². The summed E-state index contributed by atoms with van der Waals surface area (Å²) in [5.74, 6) is -0.147. The first-order chi connectivity index (χ1) is 15.0. The zero-order valence-electron chi connectivity index (χ0n) is 16.8. The highest BCUT2D eigenvalue weighted by Crippen LogP contribution is 2.24. The van der Waals surface area contributed by atoms with E-state index in [1.807, 2.05) is 42.0 Å². The maximum Gasteiger partial charge on any atom is 0.224 e. The number of aromatic nitrogens is 3. The lowest BCUT2D eigenvalue weighted by Gasteiger charge is -2.08. The van der Waals surface area contributed by atoms with Gasteiger partial charge in [-0.1, -0.05) is 12.1 Å². The molecule has 0 spiro atoms. The normalized spacial score (nSPS) is 10.9. The fourth-order valence-electron chi connectivity index (χ4n) is 3.14. The Bertz CT molecular complexity index is 1200. The van der Waals surface area contributed by atoms with Crippen LogP contribution >= 0.6 is 0 Å². The summed E-state index contributed by atoms with van der Waals surface area (Å²) in [5.41, 5.74) is 1.91. The third-order valence-electron chi connectivity index (χ3n) is 4.83. The first-order valence-electron chi connectivity index (χ1n) is 9.74. The number of benzene rings is 2. The lowest BCUT2D eigenvalue weighted by atomic mass is 10.2. The number of nitrogens with zero attached hydrogens (tertiary/aromatic N) is 3. The highest BCUT2D eigenvalue weighted by atomic mass is 19.1. The predicted octanol–water partition coefficient (Wildman–Crippen LogP) is 4.74. The van der Waals surface area contributed by atoms with Gasteiger partial charge in [0.1, 0.15) is 17.5 Å². The van der Waals surface area contributed by atoms with Gasteiger partial charge in [-0.2, -0.15) is 0 Å². The SMILES string of the molecule is Cc1nccn1Cc1ccc(NC(=O)CCc2ncc(-c3ccc(F)cc3F)o2)cc1. The summed E-state index contributed by atoms with van der Waals surface area (Å²) in [6.45, 7) is 2.66. The molecule has 2 aromatic heterocycles. The number of oxazole rings is 1. The molecule has 0 radical (unpaired) electrons. The van der Waals surface area contributed by atoms with E-state index in [9.17, 15) is 13.6 Å². The number of anilines is 1. The maximum absolute atomic E-state index is 13.9. The van der Waals surface area contributed by atoms with Crippen LogP contribution < -0.4 is 5.32 Å². The van der Waals surface area contributed by atoms with Crippen LogP contribution in [0.1, 0.15) is 23.7 Å². The third kappa shape index (κ3) is 5.03. The van der Waals surface area contributed by atoms with E-state index in [-0.39, 0.29) is 30.1 Å². The molecule has 0 aliphatic heterocycles. The van der Waals surface area contributed by atoms with Gasteiger partial charge in [0, 0.05) is 43.5 Å². The number of amides is 1. The molecule has 0 atom stereocenters. The molecule has 2 aromatic carbocycles. The Morgan fingerprint density at radius 3 is 2.65 bits per heavy atom. The molecule has 0 unspecified atom stereocenters. The molecule has 0 fully saturated rings. The maximum atomic E-state index is 13.9. The first kappa shape index (κ1) is 20.5. The Labute approximate surface area is 177 Å². The van der Waals surface area contributed by atoms with E-state index in [1.165, 1.54) is 12.3 Å². The van der Waals surface area contributed by atoms with Crippen LogP contribution in [0.15, 0.2) is 65.5 Å². The van der Waals surface area contributed by atoms with Crippen LogP contribution in [0, 0.1) is 18.6 Å². The molecule has 0 aliphatic carbocycles. The summed E-state index contributed by atoms with van der Waals surface area (Å²) in [5, 5.41) is 2.83. The van der Waals surface area contributed by atoms with Crippen molar-refractivity contribution in [1.82, 2.24) is 14.5 Å². The minimum atomic E-state index is -0.730. The summed E-state index contributed by atoms with van der Waals surface area (Å²) < 4.78 is 34.4. The van der Waals surface area contributed by atoms with E-state index < -0.39 is 11.6 Å². The average Bonchev–Trinajstić information content (AvgIpc) is 3.37. The second-order valence-corrected chi connectivity index (χ2v) is 7.09. The fourth-order valence-corrected chi connectivity index (χ4v) is 3.14. The Morgan fingerprint density at radius 2 is 1.94 bits per heavy atom. The average molecular weight is 422 g/mol. The van der Waals surface area contributed by atoms with Crippen molar-refractivity contribution in [2.24, 2.45) is 0 Å². The van der Waals surface area contributed by atoms with Gasteiger partial charge < -0.3 is 14.3 Å². The molecule has 31 heavy (non-hydrogen) atoms. The van der Waals surface area contributed by atoms with Gasteiger partial charge in [0.25, 0.3) is 0 Å². The van der Waals surface area contributed by atoms with E-state index in [4.69, 9.17) is 4.42 Å². The molecule has 1 amide bonds. The summed E-state index contributed by atoms with van der Waals surface area (Å²) in [4.78, 5) is 20.5. The van der Waals surface area contributed by atoms with E-state index in [2.05, 4.69) is 15.3 Å². The Morgan fingerprint density at radius 1 is 1.13 bits per heavy atom. The summed E-state index contributed by atoms with van der Waals surface area (Å²) in [6.07, 6.45) is 5.46. The number of hydrogen-bond donors (Lipinski definition) is 1. The molecular weight excluding hydrogens is 402 g/mol. The zero-order valence-corrected chi connectivity index (χ0v) is 16.8. The van der Waals surface area contributed by atoms with Gasteiger partial charge in [0.15, 0.2) is 11.7 Å². The van der Waals surface area contributed by atoms with Crippen molar-refractivity contribution in [1.29, 1.82) is 0 Å². The number of aryl methyl sites for hydroxylation is 2. The van der Waals surface area contributed by atoms with Gasteiger partial charge in [-0.05, 0) is 36.8 Å². The third-order valence-corrected chi connectivity index (χ3v) is 4.83. The number of rotatable bonds is 7. The summed E-state index contributed by atoms with van der Waals surface area (Å²) in [6, 6.07) is 10.8. The highest BCUT2D eigenvalue weighted by molar-refractivity contribution is 5.90. The quantitative estimate of drug-likeness (QED) is 0.467. The van der Waals surface area contributed by atoms with Crippen molar-refractivity contribution in [3.8, 4) is 11.3 Å². The Kier molecular flexibility index (Phi) is 5.88. The number of halogens is 2. The number of imidazole rings is 1. The predicted molar refractivity (Wildman–Crippen MR) is 111 cm³/mol.